The molecule has 2 aromatic rings. The van der Waals surface area contributed by atoms with E-state index in [9.17, 15) is 4.79 Å². The Kier molecular flexibility index (Phi) is 15.9. The molecule has 0 saturated heterocycles. The molecular weight excluding hydrogens is 482 g/mol. The van der Waals surface area contributed by atoms with Crippen molar-refractivity contribution in [1.29, 1.82) is 0 Å². The second-order valence-electron chi connectivity index (χ2n) is 11.8. The number of aryl methyl sites for hydroxylation is 1. The van der Waals surface area contributed by atoms with Crippen molar-refractivity contribution in [1.82, 2.24) is 0 Å². The number of rotatable bonds is 21. The minimum atomic E-state index is -0.137. The molecule has 2 aromatic carbocycles. The number of esters is 1. The van der Waals surface area contributed by atoms with Crippen molar-refractivity contribution in [2.45, 2.75) is 110 Å². The van der Waals surface area contributed by atoms with Gasteiger partial charge >= 0.3 is 5.97 Å². The molecule has 0 N–H and O–H groups in total. The summed E-state index contributed by atoms with van der Waals surface area (Å²) in [5.41, 5.74) is 2.54. The summed E-state index contributed by atoms with van der Waals surface area (Å²) in [4.78, 5) is 13.1. The Morgan fingerprint density at radius 2 is 1.38 bits per heavy atom. The first-order valence-corrected chi connectivity index (χ1v) is 15.7. The number of hydrogen-bond donors (Lipinski definition) is 0. The maximum atomic E-state index is 13.1. The van der Waals surface area contributed by atoms with Gasteiger partial charge in [-0.25, -0.2) is 0 Å². The summed E-state index contributed by atoms with van der Waals surface area (Å²) in [6, 6.07) is 18.8. The van der Waals surface area contributed by atoms with E-state index in [1.165, 1.54) is 68.9 Å². The normalized spacial score (nSPS) is 13.2. The van der Waals surface area contributed by atoms with Crippen molar-refractivity contribution < 1.29 is 18.8 Å². The fourth-order valence-electron chi connectivity index (χ4n) is 5.27. The summed E-state index contributed by atoms with van der Waals surface area (Å²) in [6.45, 7) is 8.38. The molecule has 0 heterocycles. The lowest BCUT2D eigenvalue weighted by molar-refractivity contribution is -0.906. The van der Waals surface area contributed by atoms with Crippen LogP contribution >= 0.6 is 0 Å². The van der Waals surface area contributed by atoms with Crippen molar-refractivity contribution in [3.05, 3.63) is 65.7 Å². The van der Waals surface area contributed by atoms with Gasteiger partial charge in [-0.1, -0.05) is 121 Å². The molecule has 0 amide bonds. The summed E-state index contributed by atoms with van der Waals surface area (Å²) in [6.07, 6.45) is 14.4. The van der Waals surface area contributed by atoms with Gasteiger partial charge in [0.1, 0.15) is 30.9 Å². The second kappa shape index (κ2) is 18.9. The van der Waals surface area contributed by atoms with Gasteiger partial charge in [-0.3, -0.25) is 4.79 Å². The van der Waals surface area contributed by atoms with Crippen LogP contribution < -0.4 is 4.74 Å². The van der Waals surface area contributed by atoms with Crippen LogP contribution in [0.5, 0.6) is 5.75 Å². The first-order chi connectivity index (χ1) is 18.9. The van der Waals surface area contributed by atoms with Gasteiger partial charge in [0.2, 0.25) is 0 Å². The van der Waals surface area contributed by atoms with Crippen LogP contribution in [0.4, 0.5) is 0 Å². The Labute approximate surface area is 239 Å². The Bertz CT molecular complexity index is 911. The third-order valence-corrected chi connectivity index (χ3v) is 7.68. The quantitative estimate of drug-likeness (QED) is 0.0905. The van der Waals surface area contributed by atoms with Crippen LogP contribution in [0.1, 0.15) is 103 Å². The van der Waals surface area contributed by atoms with E-state index in [0.717, 1.165) is 42.6 Å². The Balaban J connectivity index is 1.80. The molecule has 0 aliphatic carbocycles. The molecule has 0 aliphatic heterocycles. The lowest BCUT2D eigenvalue weighted by Crippen LogP contribution is -2.45. The number of unbranched alkanes of at least 4 members (excludes halogenated alkanes) is 8. The summed E-state index contributed by atoms with van der Waals surface area (Å²) in [7, 11) is 4.37. The lowest BCUT2D eigenvalue weighted by Gasteiger charge is -2.33. The summed E-state index contributed by atoms with van der Waals surface area (Å²) in [5, 5.41) is 0. The van der Waals surface area contributed by atoms with E-state index in [-0.39, 0.29) is 18.0 Å². The molecule has 0 radical (unpaired) electrons. The van der Waals surface area contributed by atoms with Crippen molar-refractivity contribution in [2.75, 3.05) is 27.2 Å². The highest BCUT2D eigenvalue weighted by atomic mass is 16.6. The van der Waals surface area contributed by atoms with E-state index in [2.05, 4.69) is 77.3 Å². The van der Waals surface area contributed by atoms with Gasteiger partial charge in [-0.05, 0) is 37.3 Å². The van der Waals surface area contributed by atoms with E-state index >= 15 is 0 Å². The average molecular weight is 539 g/mol. The Hall–Kier alpha value is -2.33. The second-order valence-corrected chi connectivity index (χ2v) is 11.8. The minimum absolute atomic E-state index is 0.109. The standard InChI is InChI=1S/C35H56NO3/c1-6-9-10-11-12-13-14-15-19-24-32-25-20-21-26-34(32)39-33(8-3)29-38-35(37)31(7-2)28-36(4,5)27-30-22-17-16-18-23-30/h16-18,20-23,25-26,31,33H,6-15,19,24,27-29H2,1-5H3/q+1. The van der Waals surface area contributed by atoms with E-state index in [1.807, 2.05) is 12.1 Å². The van der Waals surface area contributed by atoms with Crippen molar-refractivity contribution in [2.24, 2.45) is 5.92 Å². The molecule has 0 bridgehead atoms. The Morgan fingerprint density at radius 1 is 0.769 bits per heavy atom. The fraction of sp³-hybridized carbons (Fsp3) is 0.629. The molecule has 0 aromatic heterocycles. The van der Waals surface area contributed by atoms with Crippen LogP contribution in [0.25, 0.3) is 0 Å². The Morgan fingerprint density at radius 3 is 2.03 bits per heavy atom. The first kappa shape index (κ1) is 32.9. The SMILES string of the molecule is CCCCCCCCCCCc1ccccc1OC(CC)COC(=O)C(CC)C[N+](C)(C)Cc1ccccc1. The van der Waals surface area contributed by atoms with E-state index in [4.69, 9.17) is 9.47 Å². The molecule has 0 spiro atoms. The van der Waals surface area contributed by atoms with Crippen LogP contribution in [0.2, 0.25) is 0 Å². The lowest BCUT2D eigenvalue weighted by atomic mass is 10.0. The highest BCUT2D eigenvalue weighted by Gasteiger charge is 2.28. The van der Waals surface area contributed by atoms with Gasteiger partial charge in [0.15, 0.2) is 0 Å². The van der Waals surface area contributed by atoms with Gasteiger partial charge < -0.3 is 14.0 Å². The summed E-state index contributed by atoms with van der Waals surface area (Å²) in [5.74, 6) is 0.703. The minimum Gasteiger partial charge on any atom is -0.487 e. The molecule has 2 rings (SSSR count). The van der Waals surface area contributed by atoms with E-state index in [0.29, 0.717) is 6.61 Å². The van der Waals surface area contributed by atoms with Gasteiger partial charge in [0, 0.05) is 5.56 Å². The van der Waals surface area contributed by atoms with E-state index < -0.39 is 0 Å². The maximum Gasteiger partial charge on any atom is 0.314 e. The van der Waals surface area contributed by atoms with Crippen LogP contribution in [0.3, 0.4) is 0 Å². The zero-order chi connectivity index (χ0) is 28.3. The molecule has 0 aliphatic rings. The van der Waals surface area contributed by atoms with Crippen molar-refractivity contribution >= 4 is 5.97 Å². The number of nitrogens with zero attached hydrogens (tertiary/aromatic N) is 1. The maximum absolute atomic E-state index is 13.1. The highest BCUT2D eigenvalue weighted by Crippen LogP contribution is 2.23. The van der Waals surface area contributed by atoms with Crippen LogP contribution in [-0.4, -0.2) is 43.8 Å². The molecule has 4 heteroatoms. The molecule has 0 saturated carbocycles. The van der Waals surface area contributed by atoms with Crippen LogP contribution in [0, 0.1) is 5.92 Å². The first-order valence-electron chi connectivity index (χ1n) is 15.7. The summed E-state index contributed by atoms with van der Waals surface area (Å²) >= 11 is 0. The van der Waals surface area contributed by atoms with Gasteiger partial charge in [-0.2, -0.15) is 0 Å². The number of carbonyl (C=O) groups is 1. The average Bonchev–Trinajstić information content (AvgIpc) is 2.93. The van der Waals surface area contributed by atoms with Gasteiger partial charge in [0.05, 0.1) is 20.6 Å². The zero-order valence-corrected chi connectivity index (χ0v) is 25.6. The van der Waals surface area contributed by atoms with Gasteiger partial charge in [-0.15, -0.1) is 0 Å². The van der Waals surface area contributed by atoms with Crippen molar-refractivity contribution in [3.8, 4) is 5.75 Å². The predicted molar refractivity (Wildman–Crippen MR) is 164 cm³/mol. The molecule has 39 heavy (non-hydrogen) atoms. The van der Waals surface area contributed by atoms with E-state index in [1.54, 1.807) is 0 Å². The van der Waals surface area contributed by atoms with Crippen molar-refractivity contribution in [3.63, 3.8) is 0 Å². The van der Waals surface area contributed by atoms with Gasteiger partial charge in [0.25, 0.3) is 0 Å². The summed E-state index contributed by atoms with van der Waals surface area (Å²) < 4.78 is 13.0. The molecule has 2 atom stereocenters. The number of hydrogen-bond acceptors (Lipinski definition) is 3. The molecular formula is C35H56NO3+. The fourth-order valence-corrected chi connectivity index (χ4v) is 5.27. The predicted octanol–water partition coefficient (Wildman–Crippen LogP) is 8.76. The van der Waals surface area contributed by atoms with Crippen LogP contribution in [0.15, 0.2) is 54.6 Å². The monoisotopic (exact) mass is 538 g/mol. The molecule has 0 fully saturated rings. The third-order valence-electron chi connectivity index (χ3n) is 7.68. The number of benzene rings is 2. The number of ether oxygens (including phenoxy) is 2. The molecule has 4 nitrogen and oxygen atoms in total. The topological polar surface area (TPSA) is 35.5 Å². The smallest absolute Gasteiger partial charge is 0.314 e. The third kappa shape index (κ3) is 13.5. The molecule has 2 unspecified atom stereocenters. The van der Waals surface area contributed by atoms with Crippen LogP contribution in [-0.2, 0) is 22.5 Å². The highest BCUT2D eigenvalue weighted by molar-refractivity contribution is 5.72. The number of para-hydroxylation sites is 1. The number of carbonyl (C=O) groups excluding carboxylic acids is 1. The largest absolute Gasteiger partial charge is 0.487 e. The number of quaternary nitrogens is 1. The molecule has 218 valence electrons. The zero-order valence-electron chi connectivity index (χ0n) is 25.6.